The van der Waals surface area contributed by atoms with Gasteiger partial charge in [-0.15, -0.1) is 0 Å². The van der Waals surface area contributed by atoms with Crippen LogP contribution in [0.4, 0.5) is 5.69 Å². The SMILES string of the molecule is CC(=O)Nc1ccc(CC(=O)OCC(=O)NCCc2ccc(C(C)C)cc2)cc1. The Bertz CT molecular complexity index is 827. The van der Waals surface area contributed by atoms with Gasteiger partial charge in [0, 0.05) is 19.2 Å². The lowest BCUT2D eigenvalue weighted by Crippen LogP contribution is -2.30. The average molecular weight is 396 g/mol. The summed E-state index contributed by atoms with van der Waals surface area (Å²) in [6, 6.07) is 15.2. The van der Waals surface area contributed by atoms with Crippen LogP contribution in [0.2, 0.25) is 0 Å². The molecule has 2 N–H and O–H groups in total. The first-order chi connectivity index (χ1) is 13.8. The predicted octanol–water partition coefficient (Wildman–Crippen LogP) is 3.21. The second kappa shape index (κ2) is 11.0. The van der Waals surface area contributed by atoms with Crippen LogP contribution in [0.1, 0.15) is 43.4 Å². The van der Waals surface area contributed by atoms with Gasteiger partial charge in [0.25, 0.3) is 5.91 Å². The number of carbonyl (C=O) groups is 3. The summed E-state index contributed by atoms with van der Waals surface area (Å²) in [4.78, 5) is 34.7. The molecule has 6 heteroatoms. The zero-order chi connectivity index (χ0) is 21.2. The van der Waals surface area contributed by atoms with Crippen LogP contribution in [-0.4, -0.2) is 30.9 Å². The van der Waals surface area contributed by atoms with Gasteiger partial charge in [-0.3, -0.25) is 14.4 Å². The number of hydrogen-bond acceptors (Lipinski definition) is 4. The number of esters is 1. The first-order valence-electron chi connectivity index (χ1n) is 9.71. The molecule has 0 heterocycles. The molecule has 2 aromatic carbocycles. The minimum Gasteiger partial charge on any atom is -0.455 e. The van der Waals surface area contributed by atoms with Gasteiger partial charge in [0.05, 0.1) is 6.42 Å². The Balaban J connectivity index is 1.66. The Morgan fingerprint density at radius 1 is 0.931 bits per heavy atom. The van der Waals surface area contributed by atoms with Gasteiger partial charge in [-0.1, -0.05) is 50.2 Å². The van der Waals surface area contributed by atoms with Crippen LogP contribution in [0.15, 0.2) is 48.5 Å². The summed E-state index contributed by atoms with van der Waals surface area (Å²) in [6.45, 7) is 5.92. The zero-order valence-corrected chi connectivity index (χ0v) is 17.2. The molecule has 6 nitrogen and oxygen atoms in total. The molecule has 0 radical (unpaired) electrons. The minimum atomic E-state index is -0.475. The van der Waals surface area contributed by atoms with Crippen molar-refractivity contribution in [3.8, 4) is 0 Å². The Morgan fingerprint density at radius 2 is 1.55 bits per heavy atom. The molecule has 29 heavy (non-hydrogen) atoms. The molecule has 0 unspecified atom stereocenters. The Hall–Kier alpha value is -3.15. The number of carbonyl (C=O) groups excluding carboxylic acids is 3. The van der Waals surface area contributed by atoms with Gasteiger partial charge >= 0.3 is 5.97 Å². The van der Waals surface area contributed by atoms with Gasteiger partial charge in [-0.25, -0.2) is 0 Å². The lowest BCUT2D eigenvalue weighted by Gasteiger charge is -2.09. The summed E-state index contributed by atoms with van der Waals surface area (Å²) in [5.74, 6) is -0.459. The summed E-state index contributed by atoms with van der Waals surface area (Å²) >= 11 is 0. The van der Waals surface area contributed by atoms with E-state index in [9.17, 15) is 14.4 Å². The first kappa shape index (κ1) is 22.1. The molecule has 2 amide bonds. The van der Waals surface area contributed by atoms with Gasteiger partial charge in [-0.05, 0) is 41.2 Å². The molecular weight excluding hydrogens is 368 g/mol. The Morgan fingerprint density at radius 3 is 2.14 bits per heavy atom. The van der Waals surface area contributed by atoms with E-state index in [0.717, 1.165) is 17.5 Å². The summed E-state index contributed by atoms with van der Waals surface area (Å²) in [5, 5.41) is 5.41. The maximum Gasteiger partial charge on any atom is 0.310 e. The summed E-state index contributed by atoms with van der Waals surface area (Å²) in [6.07, 6.45) is 0.786. The summed E-state index contributed by atoms with van der Waals surface area (Å²) in [7, 11) is 0. The largest absolute Gasteiger partial charge is 0.455 e. The van der Waals surface area contributed by atoms with Crippen molar-refractivity contribution in [2.45, 2.75) is 39.5 Å². The van der Waals surface area contributed by atoms with Crippen molar-refractivity contribution in [3.05, 3.63) is 65.2 Å². The van der Waals surface area contributed by atoms with E-state index in [4.69, 9.17) is 4.74 Å². The van der Waals surface area contributed by atoms with Gasteiger partial charge in [0.15, 0.2) is 6.61 Å². The molecule has 0 aliphatic rings. The van der Waals surface area contributed by atoms with Crippen molar-refractivity contribution in [1.82, 2.24) is 5.32 Å². The van der Waals surface area contributed by atoms with E-state index >= 15 is 0 Å². The molecule has 0 aliphatic heterocycles. The van der Waals surface area contributed by atoms with Crippen molar-refractivity contribution in [2.24, 2.45) is 0 Å². The molecule has 0 saturated carbocycles. The van der Waals surface area contributed by atoms with E-state index in [1.54, 1.807) is 24.3 Å². The molecule has 0 saturated heterocycles. The topological polar surface area (TPSA) is 84.5 Å². The van der Waals surface area contributed by atoms with E-state index in [1.807, 2.05) is 0 Å². The quantitative estimate of drug-likeness (QED) is 0.638. The molecule has 2 aromatic rings. The van der Waals surface area contributed by atoms with Crippen LogP contribution in [0.3, 0.4) is 0 Å². The third-order valence-electron chi connectivity index (χ3n) is 4.37. The molecule has 0 bridgehead atoms. The van der Waals surface area contributed by atoms with E-state index in [1.165, 1.54) is 12.5 Å². The fraction of sp³-hybridized carbons (Fsp3) is 0.348. The average Bonchev–Trinajstić information content (AvgIpc) is 2.68. The van der Waals surface area contributed by atoms with E-state index < -0.39 is 5.97 Å². The van der Waals surface area contributed by atoms with E-state index in [0.29, 0.717) is 18.2 Å². The molecule has 0 aromatic heterocycles. The number of benzene rings is 2. The smallest absolute Gasteiger partial charge is 0.310 e. The van der Waals surface area contributed by atoms with Crippen molar-refractivity contribution in [3.63, 3.8) is 0 Å². The molecule has 154 valence electrons. The third-order valence-corrected chi connectivity index (χ3v) is 4.37. The predicted molar refractivity (Wildman–Crippen MR) is 113 cm³/mol. The summed E-state index contributed by atoms with van der Waals surface area (Å²) < 4.78 is 5.03. The second-order valence-electron chi connectivity index (χ2n) is 7.21. The molecular formula is C23H28N2O4. The number of amides is 2. The molecule has 0 fully saturated rings. The van der Waals surface area contributed by atoms with Crippen LogP contribution in [0.5, 0.6) is 0 Å². The molecule has 0 aliphatic carbocycles. The minimum absolute atomic E-state index is 0.0653. The standard InChI is InChI=1S/C23H28N2O4/c1-16(2)20-8-4-18(5-9-20)12-13-24-22(27)15-29-23(28)14-19-6-10-21(11-7-19)25-17(3)26/h4-11,16H,12-15H2,1-3H3,(H,24,27)(H,25,26). The normalized spacial score (nSPS) is 10.5. The first-order valence-corrected chi connectivity index (χ1v) is 9.71. The van der Waals surface area contributed by atoms with Gasteiger partial charge in [0.1, 0.15) is 0 Å². The van der Waals surface area contributed by atoms with Gasteiger partial charge in [-0.2, -0.15) is 0 Å². The van der Waals surface area contributed by atoms with Crippen molar-refractivity contribution >= 4 is 23.5 Å². The fourth-order valence-electron chi connectivity index (χ4n) is 2.74. The highest BCUT2D eigenvalue weighted by molar-refractivity contribution is 5.88. The number of anilines is 1. The number of nitrogens with one attached hydrogen (secondary N) is 2. The lowest BCUT2D eigenvalue weighted by molar-refractivity contribution is -0.147. The Labute approximate surface area is 171 Å². The van der Waals surface area contributed by atoms with Crippen LogP contribution in [-0.2, 0) is 32.0 Å². The highest BCUT2D eigenvalue weighted by Crippen LogP contribution is 2.14. The van der Waals surface area contributed by atoms with Crippen molar-refractivity contribution < 1.29 is 19.1 Å². The highest BCUT2D eigenvalue weighted by atomic mass is 16.5. The van der Waals surface area contributed by atoms with E-state index in [-0.39, 0.29) is 24.8 Å². The molecule has 0 atom stereocenters. The maximum absolute atomic E-state index is 11.9. The van der Waals surface area contributed by atoms with Crippen molar-refractivity contribution in [1.29, 1.82) is 0 Å². The lowest BCUT2D eigenvalue weighted by atomic mass is 10.0. The van der Waals surface area contributed by atoms with Gasteiger partial charge < -0.3 is 15.4 Å². The number of ether oxygens (including phenoxy) is 1. The highest BCUT2D eigenvalue weighted by Gasteiger charge is 2.09. The molecule has 0 spiro atoms. The molecule has 2 rings (SSSR count). The fourth-order valence-corrected chi connectivity index (χ4v) is 2.74. The van der Waals surface area contributed by atoms with E-state index in [2.05, 4.69) is 48.7 Å². The Kier molecular flexibility index (Phi) is 8.40. The van der Waals surface area contributed by atoms with Crippen LogP contribution >= 0.6 is 0 Å². The number of hydrogen-bond donors (Lipinski definition) is 2. The third kappa shape index (κ3) is 8.17. The van der Waals surface area contributed by atoms with Crippen LogP contribution in [0.25, 0.3) is 0 Å². The maximum atomic E-state index is 11.9. The number of rotatable bonds is 9. The van der Waals surface area contributed by atoms with Gasteiger partial charge in [0.2, 0.25) is 5.91 Å². The van der Waals surface area contributed by atoms with Crippen molar-refractivity contribution in [2.75, 3.05) is 18.5 Å². The van der Waals surface area contributed by atoms with Crippen LogP contribution in [0, 0.1) is 0 Å². The van der Waals surface area contributed by atoms with Crippen LogP contribution < -0.4 is 10.6 Å². The zero-order valence-electron chi connectivity index (χ0n) is 17.2. The summed E-state index contributed by atoms with van der Waals surface area (Å²) in [5.41, 5.74) is 3.84. The second-order valence-corrected chi connectivity index (χ2v) is 7.21. The monoisotopic (exact) mass is 396 g/mol.